The molecule has 0 saturated heterocycles. The van der Waals surface area contributed by atoms with E-state index in [1.54, 1.807) is 6.20 Å². The van der Waals surface area contributed by atoms with E-state index >= 15 is 0 Å². The lowest BCUT2D eigenvalue weighted by atomic mass is 10.2. The average Bonchev–Trinajstić information content (AvgIpc) is 2.86. The number of aromatic nitrogens is 3. The van der Waals surface area contributed by atoms with Crippen LogP contribution in [0, 0.1) is 10.1 Å². The van der Waals surface area contributed by atoms with E-state index in [2.05, 4.69) is 10.3 Å². The molecule has 1 aromatic carbocycles. The third kappa shape index (κ3) is 2.25. The van der Waals surface area contributed by atoms with Gasteiger partial charge in [-0.2, -0.15) is 0 Å². The summed E-state index contributed by atoms with van der Waals surface area (Å²) >= 11 is 5.63. The minimum atomic E-state index is -0.484. The maximum atomic E-state index is 10.7. The summed E-state index contributed by atoms with van der Waals surface area (Å²) in [6.07, 6.45) is 1.59. The Kier molecular flexibility index (Phi) is 3.42. The van der Waals surface area contributed by atoms with Gasteiger partial charge in [0.15, 0.2) is 0 Å². The molecule has 1 heterocycles. The van der Waals surface area contributed by atoms with E-state index in [0.29, 0.717) is 17.1 Å². The number of hydrogen-bond donors (Lipinski definition) is 0. The molecule has 0 aliphatic rings. The van der Waals surface area contributed by atoms with Crippen LogP contribution >= 0.6 is 11.6 Å². The van der Waals surface area contributed by atoms with Crippen molar-refractivity contribution in [3.63, 3.8) is 0 Å². The molecule has 94 valence electrons. The first kappa shape index (κ1) is 12.3. The lowest BCUT2D eigenvalue weighted by Gasteiger charge is -2.06. The molecule has 1 aromatic heterocycles. The second kappa shape index (κ2) is 5.01. The maximum absolute atomic E-state index is 10.7. The van der Waals surface area contributed by atoms with Gasteiger partial charge < -0.3 is 4.74 Å². The largest absolute Gasteiger partial charge is 0.494 e. The minimum Gasteiger partial charge on any atom is -0.494 e. The highest BCUT2D eigenvalue weighted by molar-refractivity contribution is 6.16. The van der Waals surface area contributed by atoms with Crippen LogP contribution < -0.4 is 4.74 Å². The Morgan fingerprint density at radius 2 is 2.33 bits per heavy atom. The van der Waals surface area contributed by atoms with Crippen LogP contribution in [0.2, 0.25) is 0 Å². The predicted molar refractivity (Wildman–Crippen MR) is 64.1 cm³/mol. The average molecular weight is 269 g/mol. The number of nitro benzene ring substituents is 1. The van der Waals surface area contributed by atoms with Crippen LogP contribution in [0.4, 0.5) is 5.69 Å². The lowest BCUT2D eigenvalue weighted by Crippen LogP contribution is -2.00. The summed E-state index contributed by atoms with van der Waals surface area (Å²) in [5.74, 6) is 0.684. The topological polar surface area (TPSA) is 83.1 Å². The van der Waals surface area contributed by atoms with Crippen molar-refractivity contribution in [1.29, 1.82) is 0 Å². The molecule has 0 atom stereocenters. The molecule has 7 nitrogen and oxygen atoms in total. The Morgan fingerprint density at radius 1 is 1.56 bits per heavy atom. The number of benzene rings is 1. The molecular formula is C10H9ClN4O3. The van der Waals surface area contributed by atoms with Crippen molar-refractivity contribution < 1.29 is 9.66 Å². The highest BCUT2D eigenvalue weighted by atomic mass is 35.5. The second-order valence-corrected chi connectivity index (χ2v) is 3.67. The molecule has 0 saturated carbocycles. The van der Waals surface area contributed by atoms with Crippen molar-refractivity contribution in [1.82, 2.24) is 15.0 Å². The van der Waals surface area contributed by atoms with Crippen molar-refractivity contribution in [2.45, 2.75) is 5.88 Å². The van der Waals surface area contributed by atoms with Gasteiger partial charge in [0.1, 0.15) is 11.4 Å². The zero-order valence-electron chi connectivity index (χ0n) is 9.41. The highest BCUT2D eigenvalue weighted by Crippen LogP contribution is 2.26. The van der Waals surface area contributed by atoms with Gasteiger partial charge >= 0.3 is 0 Å². The van der Waals surface area contributed by atoms with Crippen LogP contribution in [-0.4, -0.2) is 27.0 Å². The SMILES string of the molecule is COc1ccc([N+](=O)[O-])cc1-n1cc(CCl)nn1. The molecule has 0 spiro atoms. The molecule has 0 unspecified atom stereocenters. The van der Waals surface area contributed by atoms with Crippen LogP contribution in [0.15, 0.2) is 24.4 Å². The van der Waals surface area contributed by atoms with E-state index in [1.165, 1.54) is 30.0 Å². The third-order valence-corrected chi connectivity index (χ3v) is 2.57. The first-order valence-electron chi connectivity index (χ1n) is 4.95. The number of non-ortho nitro benzene ring substituents is 1. The Bertz CT molecular complexity index is 584. The van der Waals surface area contributed by atoms with E-state index in [0.717, 1.165) is 0 Å². The van der Waals surface area contributed by atoms with Crippen molar-refractivity contribution in [3.8, 4) is 11.4 Å². The van der Waals surface area contributed by atoms with Crippen molar-refractivity contribution in [3.05, 3.63) is 40.2 Å². The van der Waals surface area contributed by atoms with Gasteiger partial charge in [0.25, 0.3) is 5.69 Å². The molecule has 0 radical (unpaired) electrons. The standard InChI is InChI=1S/C10H9ClN4O3/c1-18-10-3-2-8(15(16)17)4-9(10)14-6-7(5-11)12-13-14/h2-4,6H,5H2,1H3. The molecule has 0 N–H and O–H groups in total. The summed E-state index contributed by atoms with van der Waals surface area (Å²) in [7, 11) is 1.48. The lowest BCUT2D eigenvalue weighted by molar-refractivity contribution is -0.384. The van der Waals surface area contributed by atoms with Gasteiger partial charge in [0.2, 0.25) is 0 Å². The zero-order valence-corrected chi connectivity index (χ0v) is 10.2. The van der Waals surface area contributed by atoms with E-state index in [9.17, 15) is 10.1 Å². The summed E-state index contributed by atoms with van der Waals surface area (Å²) in [5.41, 5.74) is 0.967. The third-order valence-electron chi connectivity index (χ3n) is 2.30. The van der Waals surface area contributed by atoms with E-state index < -0.39 is 4.92 Å². The highest BCUT2D eigenvalue weighted by Gasteiger charge is 2.14. The molecule has 2 aromatic rings. The number of alkyl halides is 1. The van der Waals surface area contributed by atoms with Crippen molar-refractivity contribution >= 4 is 17.3 Å². The van der Waals surface area contributed by atoms with Crippen molar-refractivity contribution in [2.75, 3.05) is 7.11 Å². The molecule has 0 aliphatic heterocycles. The van der Waals surface area contributed by atoms with E-state index in [4.69, 9.17) is 16.3 Å². The Labute approximate surface area is 107 Å². The molecule has 0 fully saturated rings. The van der Waals surface area contributed by atoms with E-state index in [-0.39, 0.29) is 11.6 Å². The fourth-order valence-corrected chi connectivity index (χ4v) is 1.57. The normalized spacial score (nSPS) is 10.3. The molecule has 0 amide bonds. The minimum absolute atomic E-state index is 0.0475. The summed E-state index contributed by atoms with van der Waals surface area (Å²) in [6, 6.07) is 4.24. The van der Waals surface area contributed by atoms with Gasteiger partial charge in [-0.25, -0.2) is 4.68 Å². The summed E-state index contributed by atoms with van der Waals surface area (Å²) < 4.78 is 6.53. The van der Waals surface area contributed by atoms with Crippen LogP contribution in [0.1, 0.15) is 5.69 Å². The monoisotopic (exact) mass is 268 g/mol. The summed E-state index contributed by atoms with van der Waals surface area (Å²) in [6.45, 7) is 0. The molecule has 0 bridgehead atoms. The molecule has 0 aliphatic carbocycles. The van der Waals surface area contributed by atoms with E-state index in [1.807, 2.05) is 0 Å². The van der Waals surface area contributed by atoms with Gasteiger partial charge in [0, 0.05) is 12.1 Å². The second-order valence-electron chi connectivity index (χ2n) is 3.40. The number of rotatable bonds is 4. The van der Waals surface area contributed by atoms with Crippen LogP contribution in [-0.2, 0) is 5.88 Å². The Balaban J connectivity index is 2.52. The first-order chi connectivity index (χ1) is 8.65. The summed E-state index contributed by atoms with van der Waals surface area (Å²) in [5, 5.41) is 18.4. The quantitative estimate of drug-likeness (QED) is 0.480. The smallest absolute Gasteiger partial charge is 0.271 e. The summed E-state index contributed by atoms with van der Waals surface area (Å²) in [4.78, 5) is 10.3. The van der Waals surface area contributed by atoms with Gasteiger partial charge in [0.05, 0.1) is 29.8 Å². The van der Waals surface area contributed by atoms with Crippen LogP contribution in [0.25, 0.3) is 5.69 Å². The molecular weight excluding hydrogens is 260 g/mol. The first-order valence-corrected chi connectivity index (χ1v) is 5.49. The molecule has 8 heteroatoms. The van der Waals surface area contributed by atoms with Gasteiger partial charge in [-0.3, -0.25) is 10.1 Å². The maximum Gasteiger partial charge on any atom is 0.271 e. The van der Waals surface area contributed by atoms with Crippen LogP contribution in [0.3, 0.4) is 0 Å². The van der Waals surface area contributed by atoms with Gasteiger partial charge in [-0.1, -0.05) is 5.21 Å². The number of ether oxygens (including phenoxy) is 1. The Hall–Kier alpha value is -2.15. The molecule has 18 heavy (non-hydrogen) atoms. The predicted octanol–water partition coefficient (Wildman–Crippen LogP) is 1.92. The number of hydrogen-bond acceptors (Lipinski definition) is 5. The molecule has 2 rings (SSSR count). The van der Waals surface area contributed by atoms with Crippen LogP contribution in [0.5, 0.6) is 5.75 Å². The number of nitrogens with zero attached hydrogens (tertiary/aromatic N) is 4. The zero-order chi connectivity index (χ0) is 13.1. The van der Waals surface area contributed by atoms with Crippen molar-refractivity contribution in [2.24, 2.45) is 0 Å². The number of halogens is 1. The fourth-order valence-electron chi connectivity index (χ4n) is 1.45. The Morgan fingerprint density at radius 3 is 2.89 bits per heavy atom. The van der Waals surface area contributed by atoms with Gasteiger partial charge in [-0.05, 0) is 6.07 Å². The number of nitro groups is 1. The number of methoxy groups -OCH3 is 1. The van der Waals surface area contributed by atoms with Gasteiger partial charge in [-0.15, -0.1) is 16.7 Å². The fraction of sp³-hybridized carbons (Fsp3) is 0.200.